The molecule has 0 bridgehead atoms. The lowest BCUT2D eigenvalue weighted by atomic mass is 10.1. The first-order valence-corrected chi connectivity index (χ1v) is 7.00. The van der Waals surface area contributed by atoms with Gasteiger partial charge in [0.25, 0.3) is 0 Å². The molecule has 1 aromatic carbocycles. The van der Waals surface area contributed by atoms with Gasteiger partial charge in [-0.05, 0) is 44.9 Å². The van der Waals surface area contributed by atoms with Gasteiger partial charge in [0.2, 0.25) is 0 Å². The van der Waals surface area contributed by atoms with Crippen LogP contribution < -0.4 is 10.1 Å². The summed E-state index contributed by atoms with van der Waals surface area (Å²) in [5.74, 6) is 0.834. The number of benzene rings is 1. The molecule has 21 heavy (non-hydrogen) atoms. The maximum atomic E-state index is 11.6. The van der Waals surface area contributed by atoms with Crippen molar-refractivity contribution >= 4 is 17.0 Å². The summed E-state index contributed by atoms with van der Waals surface area (Å²) in [6, 6.07) is 5.88. The smallest absolute Gasteiger partial charge is 0.407 e. The zero-order valence-corrected chi connectivity index (χ0v) is 12.9. The largest absolute Gasteiger partial charge is 0.496 e. The second kappa shape index (κ2) is 6.08. The van der Waals surface area contributed by atoms with Gasteiger partial charge in [-0.15, -0.1) is 0 Å². The fraction of sp³-hybridized carbons (Fsp3) is 0.438. The molecule has 1 amide bonds. The van der Waals surface area contributed by atoms with Crippen LogP contribution in [0, 0.1) is 0 Å². The Balaban J connectivity index is 2.00. The number of alkyl carbamates (subject to hydrolysis) is 1. The van der Waals surface area contributed by atoms with Crippen molar-refractivity contribution in [1.29, 1.82) is 0 Å². The predicted molar refractivity (Wildman–Crippen MR) is 82.8 cm³/mol. The SMILES string of the molecule is COc1cccc2[nH]cc(CCNC(=O)OC(C)(C)C)c12. The first-order valence-electron chi connectivity index (χ1n) is 7.00. The summed E-state index contributed by atoms with van der Waals surface area (Å²) in [5.41, 5.74) is 1.66. The number of aromatic nitrogens is 1. The van der Waals surface area contributed by atoms with E-state index in [0.717, 1.165) is 22.2 Å². The number of amides is 1. The Kier molecular flexibility index (Phi) is 4.40. The molecule has 2 aromatic rings. The van der Waals surface area contributed by atoms with Crippen LogP contribution in [0.2, 0.25) is 0 Å². The van der Waals surface area contributed by atoms with Crippen molar-refractivity contribution in [3.63, 3.8) is 0 Å². The fourth-order valence-electron chi connectivity index (χ4n) is 2.20. The van der Waals surface area contributed by atoms with Crippen LogP contribution in [0.4, 0.5) is 4.79 Å². The molecule has 0 aliphatic rings. The third-order valence-electron chi connectivity index (χ3n) is 3.03. The summed E-state index contributed by atoms with van der Waals surface area (Å²) in [4.78, 5) is 14.8. The summed E-state index contributed by atoms with van der Waals surface area (Å²) in [5, 5.41) is 3.82. The molecule has 0 atom stereocenters. The standard InChI is InChI=1S/C16H22N2O3/c1-16(2,3)21-15(19)17-9-8-11-10-18-12-6-5-7-13(20-4)14(11)12/h5-7,10,18H,8-9H2,1-4H3,(H,17,19). The molecule has 0 unspecified atom stereocenters. The van der Waals surface area contributed by atoms with Gasteiger partial charge in [-0.25, -0.2) is 4.79 Å². The molecule has 0 saturated heterocycles. The molecule has 0 aliphatic heterocycles. The molecule has 0 fully saturated rings. The van der Waals surface area contributed by atoms with Gasteiger partial charge in [-0.2, -0.15) is 0 Å². The van der Waals surface area contributed by atoms with E-state index in [1.807, 2.05) is 45.2 Å². The minimum absolute atomic E-state index is 0.394. The van der Waals surface area contributed by atoms with Gasteiger partial charge in [0.05, 0.1) is 7.11 Å². The lowest BCUT2D eigenvalue weighted by Crippen LogP contribution is -2.33. The van der Waals surface area contributed by atoms with Crippen molar-refractivity contribution in [2.45, 2.75) is 32.8 Å². The summed E-state index contributed by atoms with van der Waals surface area (Å²) >= 11 is 0. The van der Waals surface area contributed by atoms with E-state index in [-0.39, 0.29) is 0 Å². The number of methoxy groups -OCH3 is 1. The van der Waals surface area contributed by atoms with Crippen LogP contribution in [0.15, 0.2) is 24.4 Å². The Morgan fingerprint density at radius 1 is 1.33 bits per heavy atom. The Hall–Kier alpha value is -2.17. The number of hydrogen-bond acceptors (Lipinski definition) is 3. The molecule has 2 N–H and O–H groups in total. The number of nitrogens with one attached hydrogen (secondary N) is 2. The maximum absolute atomic E-state index is 11.6. The first kappa shape index (κ1) is 15.2. The van der Waals surface area contributed by atoms with E-state index in [4.69, 9.17) is 9.47 Å². The number of H-pyrrole nitrogens is 1. The van der Waals surface area contributed by atoms with Gasteiger partial charge in [0.15, 0.2) is 0 Å². The van der Waals surface area contributed by atoms with Crippen molar-refractivity contribution in [3.8, 4) is 5.75 Å². The average Bonchev–Trinajstić information content (AvgIpc) is 2.80. The Labute approximate surface area is 124 Å². The Morgan fingerprint density at radius 2 is 2.10 bits per heavy atom. The van der Waals surface area contributed by atoms with Crippen LogP contribution in [0.3, 0.4) is 0 Å². The highest BCUT2D eigenvalue weighted by Gasteiger charge is 2.16. The number of hydrogen-bond donors (Lipinski definition) is 2. The van der Waals surface area contributed by atoms with Gasteiger partial charge in [0, 0.05) is 23.6 Å². The van der Waals surface area contributed by atoms with Crippen molar-refractivity contribution in [1.82, 2.24) is 10.3 Å². The van der Waals surface area contributed by atoms with Crippen LogP contribution in [-0.2, 0) is 11.2 Å². The molecule has 0 spiro atoms. The molecular weight excluding hydrogens is 268 g/mol. The minimum Gasteiger partial charge on any atom is -0.496 e. The average molecular weight is 290 g/mol. The van der Waals surface area contributed by atoms with Crippen molar-refractivity contribution < 1.29 is 14.3 Å². The van der Waals surface area contributed by atoms with Crippen LogP contribution in [-0.4, -0.2) is 30.3 Å². The zero-order valence-electron chi connectivity index (χ0n) is 12.9. The lowest BCUT2D eigenvalue weighted by molar-refractivity contribution is 0.0528. The minimum atomic E-state index is -0.478. The molecule has 2 rings (SSSR count). The van der Waals surface area contributed by atoms with E-state index in [0.29, 0.717) is 13.0 Å². The summed E-state index contributed by atoms with van der Waals surface area (Å²) < 4.78 is 10.6. The van der Waals surface area contributed by atoms with Crippen LogP contribution in [0.1, 0.15) is 26.3 Å². The second-order valence-electron chi connectivity index (χ2n) is 5.88. The molecule has 0 radical (unpaired) electrons. The van der Waals surface area contributed by atoms with Crippen LogP contribution in [0.25, 0.3) is 10.9 Å². The Morgan fingerprint density at radius 3 is 2.76 bits per heavy atom. The third kappa shape index (κ3) is 3.90. The van der Waals surface area contributed by atoms with Crippen molar-refractivity contribution in [2.75, 3.05) is 13.7 Å². The lowest BCUT2D eigenvalue weighted by Gasteiger charge is -2.19. The maximum Gasteiger partial charge on any atom is 0.407 e. The molecule has 0 saturated carbocycles. The van der Waals surface area contributed by atoms with Gasteiger partial charge < -0.3 is 19.8 Å². The van der Waals surface area contributed by atoms with Crippen LogP contribution >= 0.6 is 0 Å². The van der Waals surface area contributed by atoms with Gasteiger partial charge >= 0.3 is 6.09 Å². The van der Waals surface area contributed by atoms with E-state index in [2.05, 4.69) is 10.3 Å². The summed E-state index contributed by atoms with van der Waals surface area (Å²) in [6.45, 7) is 6.05. The highest BCUT2D eigenvalue weighted by molar-refractivity contribution is 5.89. The quantitative estimate of drug-likeness (QED) is 0.908. The second-order valence-corrected chi connectivity index (χ2v) is 5.88. The zero-order chi connectivity index (χ0) is 15.5. The number of carbonyl (C=O) groups is 1. The fourth-order valence-corrected chi connectivity index (χ4v) is 2.20. The van der Waals surface area contributed by atoms with E-state index in [1.165, 1.54) is 0 Å². The van der Waals surface area contributed by atoms with Gasteiger partial charge in [0.1, 0.15) is 11.4 Å². The molecular formula is C16H22N2O3. The summed E-state index contributed by atoms with van der Waals surface area (Å²) in [6.07, 6.45) is 2.26. The number of ether oxygens (including phenoxy) is 2. The van der Waals surface area contributed by atoms with Gasteiger partial charge in [-0.1, -0.05) is 6.07 Å². The molecule has 0 aliphatic carbocycles. The van der Waals surface area contributed by atoms with Crippen LogP contribution in [0.5, 0.6) is 5.75 Å². The van der Waals surface area contributed by atoms with Gasteiger partial charge in [-0.3, -0.25) is 0 Å². The molecule has 5 nitrogen and oxygen atoms in total. The van der Waals surface area contributed by atoms with E-state index < -0.39 is 11.7 Å². The number of aromatic amines is 1. The molecule has 1 heterocycles. The van der Waals surface area contributed by atoms with Crippen molar-refractivity contribution in [2.24, 2.45) is 0 Å². The summed E-state index contributed by atoms with van der Waals surface area (Å²) in [7, 11) is 1.66. The third-order valence-corrected chi connectivity index (χ3v) is 3.03. The number of rotatable bonds is 4. The monoisotopic (exact) mass is 290 g/mol. The van der Waals surface area contributed by atoms with Crippen molar-refractivity contribution in [3.05, 3.63) is 30.0 Å². The van der Waals surface area contributed by atoms with E-state index in [9.17, 15) is 4.79 Å². The number of carbonyl (C=O) groups excluding carboxylic acids is 1. The Bertz CT molecular complexity index is 626. The van der Waals surface area contributed by atoms with E-state index >= 15 is 0 Å². The molecule has 114 valence electrons. The first-order chi connectivity index (χ1) is 9.90. The molecule has 1 aromatic heterocycles. The molecule has 5 heteroatoms. The topological polar surface area (TPSA) is 63.3 Å². The number of fused-ring (bicyclic) bond motifs is 1. The van der Waals surface area contributed by atoms with E-state index in [1.54, 1.807) is 7.11 Å². The predicted octanol–water partition coefficient (Wildman–Crippen LogP) is 3.24. The highest BCUT2D eigenvalue weighted by Crippen LogP contribution is 2.28. The highest BCUT2D eigenvalue weighted by atomic mass is 16.6. The normalized spacial score (nSPS) is 11.4.